The number of carboxylic acids is 2. The number of hydrogen-bond donors (Lipinski definition) is 3. The van der Waals surface area contributed by atoms with Gasteiger partial charge in [0.25, 0.3) is 0 Å². The number of carbonyl (C=O) groups excluding carboxylic acids is 4. The second-order valence-electron chi connectivity index (χ2n) is 12.7. The molecule has 0 aromatic heterocycles. The third-order valence-corrected chi connectivity index (χ3v) is 9.09. The number of ketones is 1. The number of allylic oxidation sites excluding steroid dienone is 1. The first kappa shape index (κ1) is 56.3. The van der Waals surface area contributed by atoms with E-state index in [-0.39, 0.29) is 75.9 Å². The summed E-state index contributed by atoms with van der Waals surface area (Å²) in [5.41, 5.74) is -1.19. The summed E-state index contributed by atoms with van der Waals surface area (Å²) in [6.07, 6.45) is 19.7. The molecular weight excluding hydrogens is 751 g/mol. The summed E-state index contributed by atoms with van der Waals surface area (Å²) in [4.78, 5) is 67.4. The van der Waals surface area contributed by atoms with Crippen LogP contribution in [0.5, 0.6) is 0 Å². The summed E-state index contributed by atoms with van der Waals surface area (Å²) in [5, 5.41) is 28.4. The van der Waals surface area contributed by atoms with E-state index in [9.17, 15) is 33.9 Å². The van der Waals surface area contributed by atoms with Crippen molar-refractivity contribution < 1.29 is 70.6 Å². The molecule has 294 valence electrons. The van der Waals surface area contributed by atoms with Crippen LogP contribution in [-0.2, 0) is 38.3 Å². The number of amides is 1. The minimum absolute atomic E-state index is 0. The van der Waals surface area contributed by atoms with Gasteiger partial charge in [-0.1, -0.05) is 64.0 Å². The summed E-state index contributed by atoms with van der Waals surface area (Å²) >= 11 is 0. The van der Waals surface area contributed by atoms with Crippen LogP contribution in [0, 0.1) is 30.3 Å². The number of halogens is 1. The van der Waals surface area contributed by atoms with E-state index < -0.39 is 29.5 Å². The Balaban J connectivity index is -0.000000275. The SMILES string of the molecule is C=CC(=O)C1CCCC1.C=CC(O)(CC(=O)O)C1CCCC1.CC(=O)OC(C)=O.CON(C)C(=O)C1CCCC1.O=C(O)C1CCCC1.[Br-].[CH-]=C.[Mg+2]. The van der Waals surface area contributed by atoms with Gasteiger partial charge in [0.15, 0.2) is 5.78 Å². The molecule has 0 bridgehead atoms. The Labute approximate surface area is 337 Å². The molecule has 4 aliphatic rings. The van der Waals surface area contributed by atoms with Crippen LogP contribution in [0.15, 0.2) is 31.9 Å². The second-order valence-corrected chi connectivity index (χ2v) is 12.7. The van der Waals surface area contributed by atoms with Crippen LogP contribution in [-0.4, -0.2) is 98.8 Å². The Morgan fingerprint density at radius 2 is 1.12 bits per heavy atom. The van der Waals surface area contributed by atoms with E-state index in [0.29, 0.717) is 5.92 Å². The van der Waals surface area contributed by atoms with Crippen molar-refractivity contribution in [2.45, 2.75) is 129 Å². The molecule has 0 aromatic carbocycles. The summed E-state index contributed by atoms with van der Waals surface area (Å²) in [7, 11) is 3.19. The van der Waals surface area contributed by atoms with Gasteiger partial charge in [0.05, 0.1) is 25.0 Å². The standard InChI is InChI=1S/C10H16O3.C8H15NO2.C8H12O.C6H10O2.C4H6O3.C2H3.BrH.Mg/c1-2-10(13,7-9(11)12)8-5-3-4-6-8;1-9(11-2)8(10)7-5-3-4-6-7;1-2-8(9)7-5-3-4-6-7;7-6(8)5-3-1-2-4-5;1-3(5)7-4(2)6;1-2;;/h2,8,13H,1,3-7H2,(H,11,12);7H,3-6H2,1-2H3;2,7H,1,3-6H2;5H,1-4H2,(H,7,8);1-2H3;1H,2H2;1H;/q;;;;;-1;;+2/p-1. The Morgan fingerprint density at radius 1 is 0.750 bits per heavy atom. The first-order valence-electron chi connectivity index (χ1n) is 17.5. The number of carboxylic acid groups (broad SMARTS) is 2. The van der Waals surface area contributed by atoms with Gasteiger partial charge in [0, 0.05) is 32.7 Å². The molecule has 3 N–H and O–H groups in total. The van der Waals surface area contributed by atoms with Gasteiger partial charge in [-0.05, 0) is 63.4 Å². The average molecular weight is 813 g/mol. The van der Waals surface area contributed by atoms with Gasteiger partial charge in [-0.2, -0.15) is 0 Å². The first-order valence-corrected chi connectivity index (χ1v) is 17.5. The fourth-order valence-corrected chi connectivity index (χ4v) is 6.32. The molecule has 0 radical (unpaired) electrons. The molecule has 0 heterocycles. The van der Waals surface area contributed by atoms with Gasteiger partial charge in [-0.3, -0.25) is 40.2 Å². The molecule has 12 nitrogen and oxygen atoms in total. The Bertz CT molecular complexity index is 1050. The molecule has 4 rings (SSSR count). The minimum Gasteiger partial charge on any atom is -1.00 e. The normalized spacial score (nSPS) is 17.5. The van der Waals surface area contributed by atoms with Crippen molar-refractivity contribution in [3.8, 4) is 0 Å². The van der Waals surface area contributed by atoms with Crippen LogP contribution in [0.1, 0.15) is 123 Å². The van der Waals surface area contributed by atoms with E-state index in [2.05, 4.69) is 31.1 Å². The van der Waals surface area contributed by atoms with Crippen molar-refractivity contribution in [3.63, 3.8) is 0 Å². The van der Waals surface area contributed by atoms with Crippen molar-refractivity contribution in [1.29, 1.82) is 0 Å². The van der Waals surface area contributed by atoms with Gasteiger partial charge in [0.1, 0.15) is 0 Å². The monoisotopic (exact) mass is 811 g/mol. The van der Waals surface area contributed by atoms with Crippen LogP contribution >= 0.6 is 0 Å². The summed E-state index contributed by atoms with van der Waals surface area (Å²) in [6.45, 7) is 16.3. The zero-order chi connectivity index (χ0) is 38.7. The minimum atomic E-state index is -1.19. The number of ether oxygens (including phenoxy) is 1. The van der Waals surface area contributed by atoms with Crippen LogP contribution in [0.4, 0.5) is 0 Å². The molecule has 0 spiro atoms. The van der Waals surface area contributed by atoms with Gasteiger partial charge in [-0.25, -0.2) is 5.06 Å². The van der Waals surface area contributed by atoms with Crippen molar-refractivity contribution in [3.05, 3.63) is 38.5 Å². The number of hydrogen-bond acceptors (Lipinski definition) is 9. The van der Waals surface area contributed by atoms with Crippen molar-refractivity contribution in [2.75, 3.05) is 14.2 Å². The third kappa shape index (κ3) is 25.6. The Morgan fingerprint density at radius 3 is 1.38 bits per heavy atom. The van der Waals surface area contributed by atoms with Gasteiger partial charge < -0.3 is 43.6 Å². The van der Waals surface area contributed by atoms with Crippen LogP contribution in [0.2, 0.25) is 0 Å². The Hall–Kier alpha value is -2.39. The fraction of sp³-hybridized carbons (Fsp3) is 0.684. The second kappa shape index (κ2) is 33.2. The number of aliphatic hydroxyl groups is 1. The summed E-state index contributed by atoms with van der Waals surface area (Å²) in [5.74, 6) is -1.71. The van der Waals surface area contributed by atoms with E-state index in [0.717, 1.165) is 77.0 Å². The zero-order valence-corrected chi connectivity index (χ0v) is 34.8. The van der Waals surface area contributed by atoms with Crippen molar-refractivity contribution in [1.82, 2.24) is 5.06 Å². The topological polar surface area (TPSA) is 185 Å². The molecule has 4 saturated carbocycles. The molecular formula is C38H62BrMgNO11. The largest absolute Gasteiger partial charge is 2.00 e. The van der Waals surface area contributed by atoms with Crippen molar-refractivity contribution >= 4 is 58.6 Å². The Kier molecular flexibility index (Phi) is 36.0. The molecule has 0 saturated heterocycles. The quantitative estimate of drug-likeness (QED) is 0.0591. The molecule has 4 aliphatic carbocycles. The van der Waals surface area contributed by atoms with E-state index in [1.165, 1.54) is 63.9 Å². The van der Waals surface area contributed by atoms with E-state index in [4.69, 9.17) is 15.1 Å². The predicted octanol–water partition coefficient (Wildman–Crippen LogP) is 3.28. The molecule has 1 atom stereocenters. The maximum Gasteiger partial charge on any atom is 2.00 e. The molecule has 0 aliphatic heterocycles. The summed E-state index contributed by atoms with van der Waals surface area (Å²) in [6, 6.07) is 0. The van der Waals surface area contributed by atoms with E-state index in [1.807, 2.05) is 0 Å². The van der Waals surface area contributed by atoms with Gasteiger partial charge in [0.2, 0.25) is 5.91 Å². The van der Waals surface area contributed by atoms with Gasteiger partial charge >= 0.3 is 46.9 Å². The first-order chi connectivity index (χ1) is 23.6. The van der Waals surface area contributed by atoms with Crippen LogP contribution < -0.4 is 17.0 Å². The molecule has 0 aromatic rings. The molecule has 1 amide bonds. The number of carbonyl (C=O) groups is 6. The predicted molar refractivity (Wildman–Crippen MR) is 196 cm³/mol. The number of nitrogens with zero attached hydrogens (tertiary/aromatic N) is 1. The maximum atomic E-state index is 11.4. The molecule has 4 fully saturated rings. The third-order valence-electron chi connectivity index (χ3n) is 9.09. The molecule has 14 heteroatoms. The van der Waals surface area contributed by atoms with Crippen LogP contribution in [0.25, 0.3) is 0 Å². The summed E-state index contributed by atoms with van der Waals surface area (Å²) < 4.78 is 3.97. The van der Waals surface area contributed by atoms with E-state index >= 15 is 0 Å². The number of rotatable bonds is 9. The van der Waals surface area contributed by atoms with Crippen molar-refractivity contribution in [2.24, 2.45) is 23.7 Å². The number of aliphatic carboxylic acids is 2. The maximum absolute atomic E-state index is 11.4. The molecule has 1 unspecified atom stereocenters. The number of esters is 2. The average Bonchev–Trinajstić information content (AvgIpc) is 3.92. The van der Waals surface area contributed by atoms with Crippen LogP contribution in [0.3, 0.4) is 0 Å². The van der Waals surface area contributed by atoms with Gasteiger partial charge in [-0.15, -0.1) is 6.58 Å². The molecule has 52 heavy (non-hydrogen) atoms. The zero-order valence-electron chi connectivity index (χ0n) is 31.8. The number of hydroxylamine groups is 2. The smallest absolute Gasteiger partial charge is 1.00 e. The fourth-order valence-electron chi connectivity index (χ4n) is 6.32. The van der Waals surface area contributed by atoms with E-state index in [1.54, 1.807) is 7.05 Å².